The average Bonchev–Trinajstić information content (AvgIpc) is 3.27. The predicted molar refractivity (Wildman–Crippen MR) is 105 cm³/mol. The molecule has 0 spiro atoms. The molecule has 7 heteroatoms. The fourth-order valence-corrected chi connectivity index (χ4v) is 5.00. The van der Waals surface area contributed by atoms with Crippen LogP contribution in [-0.4, -0.2) is 48.4 Å². The molecule has 0 unspecified atom stereocenters. The summed E-state index contributed by atoms with van der Waals surface area (Å²) >= 11 is 0. The van der Waals surface area contributed by atoms with Crippen molar-refractivity contribution in [1.29, 1.82) is 0 Å². The van der Waals surface area contributed by atoms with Crippen LogP contribution in [0.5, 0.6) is 0 Å². The van der Waals surface area contributed by atoms with Gasteiger partial charge in [-0.05, 0) is 31.9 Å². The van der Waals surface area contributed by atoms with Gasteiger partial charge in [0.2, 0.25) is 15.0 Å². The maximum absolute atomic E-state index is 12.7. The van der Waals surface area contributed by atoms with Crippen molar-refractivity contribution in [2.45, 2.75) is 57.1 Å². The normalized spacial score (nSPS) is 17.7. The second kappa shape index (κ2) is 8.99. The molecule has 0 saturated carbocycles. The van der Waals surface area contributed by atoms with Crippen LogP contribution in [-0.2, 0) is 34.2 Å². The van der Waals surface area contributed by atoms with Gasteiger partial charge < -0.3 is 9.30 Å². The minimum atomic E-state index is -3.38. The molecule has 0 radical (unpaired) electrons. The molecule has 0 N–H and O–H groups in total. The van der Waals surface area contributed by atoms with Gasteiger partial charge in [-0.25, -0.2) is 13.4 Å². The van der Waals surface area contributed by atoms with E-state index in [0.29, 0.717) is 19.5 Å². The quantitative estimate of drug-likeness (QED) is 0.658. The lowest BCUT2D eigenvalue weighted by Gasteiger charge is -2.20. The van der Waals surface area contributed by atoms with E-state index in [4.69, 9.17) is 4.74 Å². The van der Waals surface area contributed by atoms with Crippen LogP contribution in [0, 0.1) is 0 Å². The summed E-state index contributed by atoms with van der Waals surface area (Å²) in [5, 5.41) is 0.183. The van der Waals surface area contributed by atoms with E-state index in [0.717, 1.165) is 31.7 Å². The summed E-state index contributed by atoms with van der Waals surface area (Å²) in [5.41, 5.74) is 2.14. The number of hydrogen-bond donors (Lipinski definition) is 0. The number of sulfone groups is 1. The van der Waals surface area contributed by atoms with Gasteiger partial charge in [0.05, 0.1) is 30.3 Å². The molecule has 27 heavy (non-hydrogen) atoms. The van der Waals surface area contributed by atoms with Crippen LogP contribution < -0.4 is 0 Å². The first-order valence-electron chi connectivity index (χ1n) is 9.61. The lowest BCUT2D eigenvalue weighted by molar-refractivity contribution is 0.0934. The molecule has 1 fully saturated rings. The molecule has 1 aliphatic heterocycles. The maximum Gasteiger partial charge on any atom is 0.227 e. The van der Waals surface area contributed by atoms with Gasteiger partial charge in [-0.2, -0.15) is 0 Å². The van der Waals surface area contributed by atoms with Crippen molar-refractivity contribution in [3.05, 3.63) is 47.8 Å². The molecule has 2 heterocycles. The first-order valence-corrected chi connectivity index (χ1v) is 11.3. The van der Waals surface area contributed by atoms with Crippen molar-refractivity contribution < 1.29 is 13.2 Å². The Kier molecular flexibility index (Phi) is 6.68. The van der Waals surface area contributed by atoms with E-state index in [1.807, 2.05) is 36.7 Å². The second-order valence-corrected chi connectivity index (χ2v) is 9.26. The molecule has 0 amide bonds. The zero-order valence-electron chi connectivity index (χ0n) is 16.2. The Balaban J connectivity index is 1.81. The lowest BCUT2D eigenvalue weighted by atomic mass is 10.2. The van der Waals surface area contributed by atoms with Crippen molar-refractivity contribution in [3.8, 4) is 0 Å². The van der Waals surface area contributed by atoms with E-state index < -0.39 is 9.84 Å². The molecule has 0 aliphatic carbocycles. The SMILES string of the molecule is CCCS(=O)(=O)c1ncc(CN(C)Cc2ccccc2)n1C[C@@H]1CCCO1. The summed E-state index contributed by atoms with van der Waals surface area (Å²) in [6.45, 7) is 4.60. The number of imidazole rings is 1. The predicted octanol–water partition coefficient (Wildman–Crippen LogP) is 2.88. The van der Waals surface area contributed by atoms with Gasteiger partial charge in [0.1, 0.15) is 0 Å². The van der Waals surface area contributed by atoms with Crippen LogP contribution in [0.1, 0.15) is 37.4 Å². The summed E-state index contributed by atoms with van der Waals surface area (Å²) in [6.07, 6.45) is 4.34. The largest absolute Gasteiger partial charge is 0.376 e. The molecular formula is C20H29N3O3S. The smallest absolute Gasteiger partial charge is 0.227 e. The van der Waals surface area contributed by atoms with E-state index in [1.54, 1.807) is 6.20 Å². The van der Waals surface area contributed by atoms with Gasteiger partial charge in [0.15, 0.2) is 0 Å². The molecule has 1 atom stereocenters. The molecule has 6 nitrogen and oxygen atoms in total. The van der Waals surface area contributed by atoms with Gasteiger partial charge in [-0.1, -0.05) is 37.3 Å². The van der Waals surface area contributed by atoms with Crippen molar-refractivity contribution in [2.24, 2.45) is 0 Å². The minimum Gasteiger partial charge on any atom is -0.376 e. The van der Waals surface area contributed by atoms with Gasteiger partial charge in [0.25, 0.3) is 0 Å². The van der Waals surface area contributed by atoms with Gasteiger partial charge in [-0.3, -0.25) is 4.90 Å². The highest BCUT2D eigenvalue weighted by Crippen LogP contribution is 2.21. The number of ether oxygens (including phenoxy) is 1. The van der Waals surface area contributed by atoms with E-state index >= 15 is 0 Å². The van der Waals surface area contributed by atoms with Crippen LogP contribution in [0.25, 0.3) is 0 Å². The topological polar surface area (TPSA) is 64.4 Å². The summed E-state index contributed by atoms with van der Waals surface area (Å²) in [7, 11) is -1.34. The highest BCUT2D eigenvalue weighted by atomic mass is 32.2. The van der Waals surface area contributed by atoms with Crippen LogP contribution in [0.4, 0.5) is 0 Å². The second-order valence-electron chi connectivity index (χ2n) is 7.25. The molecule has 3 rings (SSSR count). The minimum absolute atomic E-state index is 0.0629. The lowest BCUT2D eigenvalue weighted by Crippen LogP contribution is -2.25. The molecule has 1 aliphatic rings. The van der Waals surface area contributed by atoms with Crippen LogP contribution in [0.15, 0.2) is 41.7 Å². The highest BCUT2D eigenvalue weighted by Gasteiger charge is 2.26. The number of benzene rings is 1. The molecule has 0 bridgehead atoms. The zero-order valence-corrected chi connectivity index (χ0v) is 17.0. The van der Waals surface area contributed by atoms with Gasteiger partial charge >= 0.3 is 0 Å². The Morgan fingerprint density at radius 3 is 2.70 bits per heavy atom. The third-order valence-corrected chi connectivity index (χ3v) is 6.62. The number of hydrogen-bond acceptors (Lipinski definition) is 5. The van der Waals surface area contributed by atoms with Crippen molar-refractivity contribution >= 4 is 9.84 Å². The first-order chi connectivity index (χ1) is 13.0. The summed E-state index contributed by atoms with van der Waals surface area (Å²) in [5.74, 6) is 0.120. The van der Waals surface area contributed by atoms with Crippen molar-refractivity contribution in [2.75, 3.05) is 19.4 Å². The number of rotatable bonds is 9. The first kappa shape index (κ1) is 20.0. The van der Waals surface area contributed by atoms with Crippen LogP contribution >= 0.6 is 0 Å². The number of nitrogens with zero attached hydrogens (tertiary/aromatic N) is 3. The van der Waals surface area contributed by atoms with E-state index in [9.17, 15) is 8.42 Å². The third-order valence-electron chi connectivity index (χ3n) is 4.79. The molecule has 1 aromatic heterocycles. The Bertz CT molecular complexity index is 827. The maximum atomic E-state index is 12.7. The Labute approximate surface area is 162 Å². The van der Waals surface area contributed by atoms with Crippen molar-refractivity contribution in [1.82, 2.24) is 14.5 Å². The Morgan fingerprint density at radius 2 is 2.04 bits per heavy atom. The fourth-order valence-electron chi connectivity index (χ4n) is 3.54. The monoisotopic (exact) mass is 391 g/mol. The third kappa shape index (κ3) is 5.18. The Morgan fingerprint density at radius 1 is 1.26 bits per heavy atom. The highest BCUT2D eigenvalue weighted by molar-refractivity contribution is 7.91. The fraction of sp³-hybridized carbons (Fsp3) is 0.550. The Hall–Kier alpha value is -1.70. The molecule has 1 saturated heterocycles. The van der Waals surface area contributed by atoms with Gasteiger partial charge in [0, 0.05) is 19.7 Å². The van der Waals surface area contributed by atoms with E-state index in [1.165, 1.54) is 5.56 Å². The molecule has 2 aromatic rings. The number of aromatic nitrogens is 2. The zero-order chi connectivity index (χ0) is 19.3. The van der Waals surface area contributed by atoms with E-state index in [2.05, 4.69) is 22.0 Å². The van der Waals surface area contributed by atoms with Gasteiger partial charge in [-0.15, -0.1) is 0 Å². The average molecular weight is 392 g/mol. The van der Waals surface area contributed by atoms with Crippen molar-refractivity contribution in [3.63, 3.8) is 0 Å². The summed E-state index contributed by atoms with van der Waals surface area (Å²) < 4.78 is 33.0. The molecular weight excluding hydrogens is 362 g/mol. The molecule has 148 valence electrons. The summed E-state index contributed by atoms with van der Waals surface area (Å²) in [4.78, 5) is 6.48. The van der Waals surface area contributed by atoms with Crippen LogP contribution in [0.3, 0.4) is 0 Å². The standard InChI is InChI=1S/C20H29N3O3S/c1-3-12-27(24,25)20-21-13-18(23(20)16-19-10-7-11-26-19)15-22(2)14-17-8-5-4-6-9-17/h4-6,8-9,13,19H,3,7,10-12,14-16H2,1-2H3/t19-/m0/s1. The van der Waals surface area contributed by atoms with E-state index in [-0.39, 0.29) is 17.0 Å². The van der Waals surface area contributed by atoms with Crippen LogP contribution in [0.2, 0.25) is 0 Å². The summed E-state index contributed by atoms with van der Waals surface area (Å²) in [6, 6.07) is 10.3. The molecule has 1 aromatic carbocycles.